The van der Waals surface area contributed by atoms with Gasteiger partial charge in [-0.05, 0) is 69.7 Å². The number of carbonyl (C=O) groups excluding carboxylic acids is 3. The highest BCUT2D eigenvalue weighted by Gasteiger charge is 2.49. The first-order valence-electron chi connectivity index (χ1n) is 10.9. The highest BCUT2D eigenvalue weighted by atomic mass is 19.3. The monoisotopic (exact) mass is 474 g/mol. The second-order valence-corrected chi connectivity index (χ2v) is 8.32. The third-order valence-corrected chi connectivity index (χ3v) is 5.68. The summed E-state index contributed by atoms with van der Waals surface area (Å²) in [6.07, 6.45) is 0. The maximum Gasteiger partial charge on any atom is 0.387 e. The van der Waals surface area contributed by atoms with E-state index in [0.717, 1.165) is 17.1 Å². The number of anilines is 2. The number of nitrogens with zero attached hydrogens (tertiary/aromatic N) is 2. The molecule has 8 nitrogen and oxygen atoms in total. The summed E-state index contributed by atoms with van der Waals surface area (Å²) in [4.78, 5) is 41.1. The number of carbonyl (C=O) groups is 3. The number of alkyl halides is 2. The van der Waals surface area contributed by atoms with Crippen LogP contribution < -0.4 is 20.3 Å². The summed E-state index contributed by atoms with van der Waals surface area (Å²) in [5.41, 5.74) is 0.489. The van der Waals surface area contributed by atoms with Crippen LogP contribution >= 0.6 is 0 Å². The summed E-state index contributed by atoms with van der Waals surface area (Å²) in [6.45, 7) is 5.14. The van der Waals surface area contributed by atoms with Crippen LogP contribution in [0.2, 0.25) is 0 Å². The summed E-state index contributed by atoms with van der Waals surface area (Å²) in [6, 6.07) is 12.3. The van der Waals surface area contributed by atoms with E-state index in [-0.39, 0.29) is 5.75 Å². The molecule has 34 heavy (non-hydrogen) atoms. The van der Waals surface area contributed by atoms with E-state index in [1.807, 2.05) is 12.1 Å². The molecule has 1 fully saturated rings. The number of nitrogens with one attached hydrogen (secondary N) is 2. The van der Waals surface area contributed by atoms with Crippen LogP contribution in [0.5, 0.6) is 5.75 Å². The van der Waals surface area contributed by atoms with Crippen molar-refractivity contribution in [3.63, 3.8) is 0 Å². The number of amides is 4. The van der Waals surface area contributed by atoms with Gasteiger partial charge in [-0.1, -0.05) is 12.1 Å². The van der Waals surface area contributed by atoms with E-state index in [2.05, 4.69) is 41.0 Å². The highest BCUT2D eigenvalue weighted by molar-refractivity contribution is 6.10. The fraction of sp³-hybridized carbons (Fsp3) is 0.375. The molecule has 0 saturated carbocycles. The van der Waals surface area contributed by atoms with E-state index in [0.29, 0.717) is 17.3 Å². The Hall–Kier alpha value is -3.69. The van der Waals surface area contributed by atoms with Gasteiger partial charge in [-0.25, -0.2) is 4.79 Å². The van der Waals surface area contributed by atoms with Crippen LogP contribution in [0.15, 0.2) is 48.5 Å². The van der Waals surface area contributed by atoms with Crippen molar-refractivity contribution >= 4 is 29.2 Å². The van der Waals surface area contributed by atoms with Crippen molar-refractivity contribution in [2.45, 2.75) is 45.9 Å². The Morgan fingerprint density at radius 2 is 1.74 bits per heavy atom. The lowest BCUT2D eigenvalue weighted by molar-refractivity contribution is -0.133. The van der Waals surface area contributed by atoms with E-state index in [4.69, 9.17) is 0 Å². The second kappa shape index (κ2) is 10.1. The van der Waals surface area contributed by atoms with Crippen molar-refractivity contribution < 1.29 is 27.9 Å². The Balaban J connectivity index is 1.66. The minimum absolute atomic E-state index is 0.0724. The Bertz CT molecular complexity index is 1040. The molecule has 1 aliphatic heterocycles. The summed E-state index contributed by atoms with van der Waals surface area (Å²) >= 11 is 0. The zero-order valence-corrected chi connectivity index (χ0v) is 19.5. The summed E-state index contributed by atoms with van der Waals surface area (Å²) in [5, 5.41) is 5.27. The SMILES string of the molecule is CCN(c1ccc(NC(=O)CN2C(=O)N[C@@](C)(c3ccc(OC(F)F)cc3)C2=O)cc1)C(C)C. The normalized spacial score (nSPS) is 17.8. The van der Waals surface area contributed by atoms with Gasteiger partial charge in [0.05, 0.1) is 0 Å². The van der Waals surface area contributed by atoms with E-state index < -0.39 is 36.5 Å². The smallest absolute Gasteiger partial charge is 0.387 e. The van der Waals surface area contributed by atoms with Gasteiger partial charge >= 0.3 is 12.6 Å². The summed E-state index contributed by atoms with van der Waals surface area (Å²) in [7, 11) is 0. The Labute approximate surface area is 196 Å². The van der Waals surface area contributed by atoms with Crippen LogP contribution in [0.4, 0.5) is 25.0 Å². The van der Waals surface area contributed by atoms with Crippen LogP contribution in [0, 0.1) is 0 Å². The van der Waals surface area contributed by atoms with Gasteiger partial charge in [0.2, 0.25) is 5.91 Å². The average molecular weight is 475 g/mol. The molecule has 182 valence electrons. The maximum atomic E-state index is 13.0. The molecule has 1 saturated heterocycles. The van der Waals surface area contributed by atoms with Gasteiger partial charge < -0.3 is 20.3 Å². The van der Waals surface area contributed by atoms with Crippen molar-refractivity contribution in [2.75, 3.05) is 23.3 Å². The van der Waals surface area contributed by atoms with E-state index in [1.165, 1.54) is 31.2 Å². The Kier molecular flexibility index (Phi) is 7.38. The molecule has 1 atom stereocenters. The third-order valence-electron chi connectivity index (χ3n) is 5.68. The van der Waals surface area contributed by atoms with Gasteiger partial charge in [-0.3, -0.25) is 14.5 Å². The van der Waals surface area contributed by atoms with Crippen molar-refractivity contribution in [3.8, 4) is 5.75 Å². The Morgan fingerprint density at radius 1 is 1.12 bits per heavy atom. The van der Waals surface area contributed by atoms with Crippen LogP contribution in [0.3, 0.4) is 0 Å². The molecule has 0 aliphatic carbocycles. The lowest BCUT2D eigenvalue weighted by Gasteiger charge is -2.27. The first-order chi connectivity index (χ1) is 16.0. The molecule has 2 N–H and O–H groups in total. The topological polar surface area (TPSA) is 91.0 Å². The molecule has 1 heterocycles. The number of hydrogen-bond acceptors (Lipinski definition) is 5. The van der Waals surface area contributed by atoms with Gasteiger partial charge in [0.25, 0.3) is 5.91 Å². The molecule has 2 aromatic carbocycles. The van der Waals surface area contributed by atoms with Crippen LogP contribution in [-0.2, 0) is 15.1 Å². The molecule has 4 amide bonds. The quantitative estimate of drug-likeness (QED) is 0.538. The van der Waals surface area contributed by atoms with Gasteiger partial charge in [0, 0.05) is 24.0 Å². The first-order valence-corrected chi connectivity index (χ1v) is 10.9. The zero-order chi connectivity index (χ0) is 25.0. The summed E-state index contributed by atoms with van der Waals surface area (Å²) in [5.74, 6) is -1.23. The largest absolute Gasteiger partial charge is 0.435 e. The molecule has 0 aromatic heterocycles. The number of ether oxygens (including phenoxy) is 1. The van der Waals surface area contributed by atoms with Gasteiger partial charge in [-0.15, -0.1) is 0 Å². The molecule has 2 aromatic rings. The van der Waals surface area contributed by atoms with E-state index in [1.54, 1.807) is 12.1 Å². The predicted octanol–water partition coefficient (Wildman–Crippen LogP) is 3.93. The average Bonchev–Trinajstić information content (AvgIpc) is 2.99. The number of halogens is 2. The molecular formula is C24H28F2N4O4. The fourth-order valence-corrected chi connectivity index (χ4v) is 3.93. The molecule has 10 heteroatoms. The number of benzene rings is 2. The van der Waals surface area contributed by atoms with Crippen LogP contribution in [0.25, 0.3) is 0 Å². The molecule has 0 unspecified atom stereocenters. The van der Waals surface area contributed by atoms with Gasteiger partial charge in [0.15, 0.2) is 0 Å². The Morgan fingerprint density at radius 3 is 2.26 bits per heavy atom. The van der Waals surface area contributed by atoms with Gasteiger partial charge in [0.1, 0.15) is 17.8 Å². The molecule has 0 bridgehead atoms. The maximum absolute atomic E-state index is 13.0. The predicted molar refractivity (Wildman–Crippen MR) is 124 cm³/mol. The highest BCUT2D eigenvalue weighted by Crippen LogP contribution is 2.30. The van der Waals surface area contributed by atoms with E-state index >= 15 is 0 Å². The van der Waals surface area contributed by atoms with Crippen molar-refractivity contribution in [1.29, 1.82) is 0 Å². The lowest BCUT2D eigenvalue weighted by atomic mass is 9.92. The first kappa shape index (κ1) is 24.9. The minimum atomic E-state index is -2.97. The molecule has 0 spiro atoms. The minimum Gasteiger partial charge on any atom is -0.435 e. The number of hydrogen-bond donors (Lipinski definition) is 2. The van der Waals surface area contributed by atoms with Crippen molar-refractivity contribution in [1.82, 2.24) is 10.2 Å². The zero-order valence-electron chi connectivity index (χ0n) is 19.5. The lowest BCUT2D eigenvalue weighted by Crippen LogP contribution is -2.42. The molecular weight excluding hydrogens is 446 g/mol. The van der Waals surface area contributed by atoms with Crippen molar-refractivity contribution in [2.24, 2.45) is 0 Å². The summed E-state index contributed by atoms with van der Waals surface area (Å²) < 4.78 is 29.0. The molecule has 0 radical (unpaired) electrons. The van der Waals surface area contributed by atoms with Crippen molar-refractivity contribution in [3.05, 3.63) is 54.1 Å². The standard InChI is InChI=1S/C24H28F2N4O4/c1-5-29(15(2)3)18-10-8-17(9-11-18)27-20(31)14-30-21(32)24(4,28-23(30)33)16-6-12-19(13-7-16)34-22(25)26/h6-13,15,22H,5,14H2,1-4H3,(H,27,31)(H,28,33)/t24-/m0/s1. The fourth-order valence-electron chi connectivity index (χ4n) is 3.93. The van der Waals surface area contributed by atoms with Gasteiger partial charge in [-0.2, -0.15) is 8.78 Å². The third kappa shape index (κ3) is 5.27. The number of imide groups is 1. The van der Waals surface area contributed by atoms with E-state index in [9.17, 15) is 23.2 Å². The van der Waals surface area contributed by atoms with Crippen LogP contribution in [-0.4, -0.2) is 48.5 Å². The number of urea groups is 1. The van der Waals surface area contributed by atoms with Crippen LogP contribution in [0.1, 0.15) is 33.3 Å². The number of rotatable bonds is 9. The molecule has 3 rings (SSSR count). The second-order valence-electron chi connectivity index (χ2n) is 8.32. The molecule has 1 aliphatic rings.